The average molecular weight is 498 g/mol. The number of amides is 1. The van der Waals surface area contributed by atoms with E-state index in [4.69, 9.17) is 0 Å². The third-order valence-electron chi connectivity index (χ3n) is 7.60. The SMILES string of the molecule is O=C(c1ccccn1)N(C1CC1)C(Cc1ccccc1)C1CCN(Cc2ccc3nsnc3c2)CC1. The second-order valence-corrected chi connectivity index (χ2v) is 10.6. The van der Waals surface area contributed by atoms with Crippen LogP contribution in [0.4, 0.5) is 0 Å². The molecule has 184 valence electrons. The Kier molecular flexibility index (Phi) is 6.75. The first-order valence-electron chi connectivity index (χ1n) is 13.0. The Bertz CT molecular complexity index is 1300. The van der Waals surface area contributed by atoms with Crippen LogP contribution < -0.4 is 0 Å². The Morgan fingerprint density at radius 3 is 2.44 bits per heavy atom. The van der Waals surface area contributed by atoms with Crippen LogP contribution in [0.1, 0.15) is 47.3 Å². The van der Waals surface area contributed by atoms with Gasteiger partial charge in [0.1, 0.15) is 16.7 Å². The van der Waals surface area contributed by atoms with Gasteiger partial charge in [0.25, 0.3) is 5.91 Å². The molecular weight excluding hydrogens is 466 g/mol. The topological polar surface area (TPSA) is 62.2 Å². The molecule has 0 radical (unpaired) electrons. The highest BCUT2D eigenvalue weighted by molar-refractivity contribution is 7.00. The quantitative estimate of drug-likeness (QED) is 0.334. The molecule has 2 fully saturated rings. The molecule has 7 heteroatoms. The van der Waals surface area contributed by atoms with Gasteiger partial charge in [-0.3, -0.25) is 14.7 Å². The summed E-state index contributed by atoms with van der Waals surface area (Å²) in [7, 11) is 0. The molecule has 0 spiro atoms. The molecule has 4 aromatic rings. The van der Waals surface area contributed by atoms with E-state index in [0.717, 1.165) is 62.8 Å². The maximum absolute atomic E-state index is 13.7. The Morgan fingerprint density at radius 1 is 0.917 bits per heavy atom. The van der Waals surface area contributed by atoms with E-state index < -0.39 is 0 Å². The number of hydrogen-bond acceptors (Lipinski definition) is 6. The van der Waals surface area contributed by atoms with Crippen molar-refractivity contribution in [1.29, 1.82) is 0 Å². The van der Waals surface area contributed by atoms with E-state index >= 15 is 0 Å². The van der Waals surface area contributed by atoms with Gasteiger partial charge in [-0.05, 0) is 86.5 Å². The fourth-order valence-corrected chi connectivity index (χ4v) is 6.11. The molecule has 1 aliphatic carbocycles. The van der Waals surface area contributed by atoms with Gasteiger partial charge in [0, 0.05) is 24.8 Å². The van der Waals surface area contributed by atoms with Crippen molar-refractivity contribution in [3.8, 4) is 0 Å². The van der Waals surface area contributed by atoms with Gasteiger partial charge in [-0.1, -0.05) is 42.5 Å². The van der Waals surface area contributed by atoms with Crippen molar-refractivity contribution in [2.24, 2.45) is 5.92 Å². The number of benzene rings is 2. The maximum Gasteiger partial charge on any atom is 0.272 e. The first-order valence-corrected chi connectivity index (χ1v) is 13.7. The van der Waals surface area contributed by atoms with Crippen molar-refractivity contribution < 1.29 is 4.79 Å². The molecule has 2 aromatic heterocycles. The predicted octanol–water partition coefficient (Wildman–Crippen LogP) is 5.21. The Hall–Kier alpha value is -3.16. The summed E-state index contributed by atoms with van der Waals surface area (Å²) in [6, 6.07) is 23.3. The lowest BCUT2D eigenvalue weighted by Gasteiger charge is -2.42. The molecule has 6 rings (SSSR count). The number of carbonyl (C=O) groups is 1. The fraction of sp³-hybridized carbons (Fsp3) is 0.379. The predicted molar refractivity (Wildman–Crippen MR) is 143 cm³/mol. The molecule has 6 nitrogen and oxygen atoms in total. The second-order valence-electron chi connectivity index (χ2n) is 10.1. The Balaban J connectivity index is 1.20. The normalized spacial score (nSPS) is 17.8. The molecule has 1 amide bonds. The summed E-state index contributed by atoms with van der Waals surface area (Å²) in [4.78, 5) is 22.9. The molecule has 2 aromatic carbocycles. The molecule has 3 heterocycles. The lowest BCUT2D eigenvalue weighted by molar-refractivity contribution is 0.0477. The van der Waals surface area contributed by atoms with E-state index in [1.54, 1.807) is 6.20 Å². The molecule has 2 aliphatic rings. The molecule has 36 heavy (non-hydrogen) atoms. The molecule has 1 atom stereocenters. The third kappa shape index (κ3) is 5.18. The van der Waals surface area contributed by atoms with E-state index in [1.165, 1.54) is 22.9 Å². The number of rotatable bonds is 8. The van der Waals surface area contributed by atoms with Gasteiger partial charge in [-0.25, -0.2) is 0 Å². The minimum absolute atomic E-state index is 0.0895. The summed E-state index contributed by atoms with van der Waals surface area (Å²) in [5.74, 6) is 0.562. The molecule has 1 saturated heterocycles. The number of aromatic nitrogens is 3. The number of likely N-dealkylation sites (tertiary alicyclic amines) is 1. The van der Waals surface area contributed by atoms with Crippen LogP contribution in [0.25, 0.3) is 11.0 Å². The van der Waals surface area contributed by atoms with Gasteiger partial charge >= 0.3 is 0 Å². The summed E-state index contributed by atoms with van der Waals surface area (Å²) in [6.45, 7) is 3.02. The van der Waals surface area contributed by atoms with Crippen LogP contribution in [0.5, 0.6) is 0 Å². The monoisotopic (exact) mass is 497 g/mol. The molecule has 0 N–H and O–H groups in total. The van der Waals surface area contributed by atoms with Crippen LogP contribution in [0, 0.1) is 5.92 Å². The van der Waals surface area contributed by atoms with Gasteiger partial charge in [0.15, 0.2) is 0 Å². The van der Waals surface area contributed by atoms with Gasteiger partial charge in [-0.2, -0.15) is 8.75 Å². The lowest BCUT2D eigenvalue weighted by atomic mass is 9.84. The minimum atomic E-state index is 0.0895. The zero-order valence-corrected chi connectivity index (χ0v) is 21.2. The summed E-state index contributed by atoms with van der Waals surface area (Å²) < 4.78 is 8.72. The number of fused-ring (bicyclic) bond motifs is 1. The number of carbonyl (C=O) groups excluding carboxylic acids is 1. The van der Waals surface area contributed by atoms with Crippen molar-refractivity contribution in [3.05, 3.63) is 89.7 Å². The van der Waals surface area contributed by atoms with E-state index in [1.807, 2.05) is 18.2 Å². The lowest BCUT2D eigenvalue weighted by Crippen LogP contribution is -2.50. The van der Waals surface area contributed by atoms with Crippen molar-refractivity contribution in [1.82, 2.24) is 23.5 Å². The third-order valence-corrected chi connectivity index (χ3v) is 8.16. The van der Waals surface area contributed by atoms with E-state index in [2.05, 4.69) is 72.1 Å². The summed E-state index contributed by atoms with van der Waals surface area (Å²) in [6.07, 6.45) is 7.00. The zero-order chi connectivity index (χ0) is 24.3. The van der Waals surface area contributed by atoms with E-state index in [-0.39, 0.29) is 11.9 Å². The molecular formula is C29H31N5OS. The van der Waals surface area contributed by atoms with E-state index in [9.17, 15) is 4.79 Å². The van der Waals surface area contributed by atoms with Crippen LogP contribution in [0.2, 0.25) is 0 Å². The smallest absolute Gasteiger partial charge is 0.272 e. The van der Waals surface area contributed by atoms with Gasteiger partial charge in [-0.15, -0.1) is 0 Å². The molecule has 1 unspecified atom stereocenters. The van der Waals surface area contributed by atoms with E-state index in [0.29, 0.717) is 17.7 Å². The number of piperidine rings is 1. The highest BCUT2D eigenvalue weighted by Crippen LogP contribution is 2.36. The Labute approximate surface area is 216 Å². The number of pyridine rings is 1. The first-order chi connectivity index (χ1) is 17.7. The van der Waals surface area contributed by atoms with Gasteiger partial charge in [0.2, 0.25) is 0 Å². The highest BCUT2D eigenvalue weighted by atomic mass is 32.1. The zero-order valence-electron chi connectivity index (χ0n) is 20.4. The Morgan fingerprint density at radius 2 is 1.69 bits per heavy atom. The summed E-state index contributed by atoms with van der Waals surface area (Å²) in [5, 5.41) is 0. The van der Waals surface area contributed by atoms with Crippen molar-refractivity contribution in [2.45, 2.75) is 50.7 Å². The van der Waals surface area contributed by atoms with Crippen LogP contribution in [0.3, 0.4) is 0 Å². The largest absolute Gasteiger partial charge is 0.331 e. The van der Waals surface area contributed by atoms with Crippen molar-refractivity contribution >= 4 is 28.7 Å². The minimum Gasteiger partial charge on any atom is -0.331 e. The molecule has 1 aliphatic heterocycles. The van der Waals surface area contributed by atoms with Gasteiger partial charge in [0.05, 0.1) is 11.7 Å². The molecule has 1 saturated carbocycles. The first kappa shape index (κ1) is 23.3. The van der Waals surface area contributed by atoms with Crippen LogP contribution in [-0.2, 0) is 13.0 Å². The second kappa shape index (κ2) is 10.4. The van der Waals surface area contributed by atoms with Crippen LogP contribution >= 0.6 is 11.7 Å². The summed E-state index contributed by atoms with van der Waals surface area (Å²) in [5.41, 5.74) is 5.12. The van der Waals surface area contributed by atoms with Crippen molar-refractivity contribution in [3.63, 3.8) is 0 Å². The molecule has 0 bridgehead atoms. The van der Waals surface area contributed by atoms with Gasteiger partial charge < -0.3 is 4.90 Å². The van der Waals surface area contributed by atoms with Crippen LogP contribution in [0.15, 0.2) is 72.9 Å². The maximum atomic E-state index is 13.7. The van der Waals surface area contributed by atoms with Crippen molar-refractivity contribution in [2.75, 3.05) is 13.1 Å². The standard InChI is InChI=1S/C29H31N5OS/c35-29(26-8-4-5-15-30-26)34(24-10-11-24)28(19-21-6-2-1-3-7-21)23-13-16-33(17-14-23)20-22-9-12-25-27(18-22)32-36-31-25/h1-9,12,15,18,23-24,28H,10-11,13-14,16-17,19-20H2. The number of nitrogens with zero attached hydrogens (tertiary/aromatic N) is 5. The fourth-order valence-electron chi connectivity index (χ4n) is 5.59. The van der Waals surface area contributed by atoms with Crippen LogP contribution in [-0.4, -0.2) is 54.6 Å². The average Bonchev–Trinajstić information content (AvgIpc) is 3.65. The number of hydrogen-bond donors (Lipinski definition) is 0. The highest BCUT2D eigenvalue weighted by Gasteiger charge is 2.42. The summed E-state index contributed by atoms with van der Waals surface area (Å²) >= 11 is 1.27.